The Morgan fingerprint density at radius 3 is 1.58 bits per heavy atom. The van der Waals surface area contributed by atoms with Crippen LogP contribution in [-0.4, -0.2) is 45.8 Å². The lowest BCUT2D eigenvalue weighted by atomic mass is 10.1. The third-order valence-corrected chi connectivity index (χ3v) is 2.56. The van der Waals surface area contributed by atoms with E-state index in [-0.39, 0.29) is 13.2 Å². The number of rotatable bonds is 12. The minimum Gasteiger partial charge on any atom is -0.473 e. The van der Waals surface area contributed by atoms with Gasteiger partial charge in [0.25, 0.3) is 0 Å². The highest BCUT2D eigenvalue weighted by Crippen LogP contribution is 2.03. The molecule has 0 aliphatic heterocycles. The van der Waals surface area contributed by atoms with Crippen LogP contribution in [0.15, 0.2) is 24.7 Å². The molecule has 0 spiro atoms. The summed E-state index contributed by atoms with van der Waals surface area (Å²) in [5.74, 6) is 0. The monoisotopic (exact) mass is 274 g/mol. The molecule has 2 atom stereocenters. The molecule has 0 saturated heterocycles. The third-order valence-electron chi connectivity index (χ3n) is 2.56. The van der Waals surface area contributed by atoms with Crippen LogP contribution in [0.4, 0.5) is 0 Å². The quantitative estimate of drug-likeness (QED) is 0.400. The Bertz CT molecular complexity index is 216. The second kappa shape index (κ2) is 13.5. The molecule has 112 valence electrons. The van der Waals surface area contributed by atoms with E-state index in [2.05, 4.69) is 0 Å². The van der Waals surface area contributed by atoms with Crippen LogP contribution >= 0.6 is 0 Å². The van der Waals surface area contributed by atoms with Crippen molar-refractivity contribution in [3.05, 3.63) is 24.7 Å². The predicted octanol–water partition coefficient (Wildman–Crippen LogP) is 1.08. The molecule has 0 saturated carbocycles. The van der Waals surface area contributed by atoms with E-state index in [1.165, 1.54) is 12.5 Å². The lowest BCUT2D eigenvalue weighted by Crippen LogP contribution is -2.05. The summed E-state index contributed by atoms with van der Waals surface area (Å²) in [6.07, 6.45) is 8.85. The zero-order valence-electron chi connectivity index (χ0n) is 11.3. The summed E-state index contributed by atoms with van der Waals surface area (Å²) in [6, 6.07) is 0. The number of hydrogen-bond acceptors (Lipinski definition) is 5. The number of hydrogen-bond donors (Lipinski definition) is 4. The maximum absolute atomic E-state index is 9.45. The van der Waals surface area contributed by atoms with E-state index < -0.39 is 12.2 Å². The van der Waals surface area contributed by atoms with Crippen LogP contribution in [0.2, 0.25) is 0 Å². The van der Waals surface area contributed by atoms with Crippen LogP contribution in [0.5, 0.6) is 0 Å². The van der Waals surface area contributed by atoms with Gasteiger partial charge in [0, 0.05) is 13.2 Å². The first-order valence-corrected chi connectivity index (χ1v) is 6.74. The van der Waals surface area contributed by atoms with Crippen molar-refractivity contribution < 1.29 is 25.2 Å². The molecule has 19 heavy (non-hydrogen) atoms. The minimum atomic E-state index is -0.448. The van der Waals surface area contributed by atoms with Gasteiger partial charge in [-0.2, -0.15) is 0 Å². The largest absolute Gasteiger partial charge is 0.473 e. The molecule has 0 aromatic carbocycles. The van der Waals surface area contributed by atoms with Gasteiger partial charge in [0.05, 0.1) is 24.7 Å². The number of aliphatic hydroxyl groups is 4. The molecule has 0 bridgehead atoms. The Morgan fingerprint density at radius 1 is 0.789 bits per heavy atom. The molecule has 2 unspecified atom stereocenters. The maximum atomic E-state index is 9.45. The smallest absolute Gasteiger partial charge is 0.0862 e. The summed E-state index contributed by atoms with van der Waals surface area (Å²) in [4.78, 5) is 0. The van der Waals surface area contributed by atoms with Gasteiger partial charge >= 0.3 is 0 Å². The summed E-state index contributed by atoms with van der Waals surface area (Å²) < 4.78 is 5.06. The van der Waals surface area contributed by atoms with Crippen molar-refractivity contribution in [1.82, 2.24) is 0 Å². The average Bonchev–Trinajstić information content (AvgIpc) is 2.41. The maximum Gasteiger partial charge on any atom is 0.0862 e. The first-order valence-electron chi connectivity index (χ1n) is 6.74. The summed E-state index contributed by atoms with van der Waals surface area (Å²) in [5.41, 5.74) is 0. The lowest BCUT2D eigenvalue weighted by Gasteiger charge is -2.05. The summed E-state index contributed by atoms with van der Waals surface area (Å²) in [6.45, 7) is 0.192. The van der Waals surface area contributed by atoms with Crippen molar-refractivity contribution in [1.29, 1.82) is 0 Å². The Kier molecular flexibility index (Phi) is 12.9. The van der Waals surface area contributed by atoms with Gasteiger partial charge in [-0.1, -0.05) is 0 Å². The van der Waals surface area contributed by atoms with Gasteiger partial charge in [-0.05, 0) is 50.7 Å². The van der Waals surface area contributed by atoms with Crippen LogP contribution in [0, 0.1) is 0 Å². The molecule has 0 aliphatic rings. The van der Waals surface area contributed by atoms with Crippen molar-refractivity contribution >= 4 is 0 Å². The van der Waals surface area contributed by atoms with Gasteiger partial charge in [-0.3, -0.25) is 0 Å². The van der Waals surface area contributed by atoms with Crippen LogP contribution in [-0.2, 0) is 4.74 Å². The second-order valence-corrected chi connectivity index (χ2v) is 4.39. The minimum absolute atomic E-state index is 0.0959. The molecular weight excluding hydrogens is 248 g/mol. The van der Waals surface area contributed by atoms with Crippen molar-refractivity contribution in [3.63, 3.8) is 0 Å². The molecule has 0 rings (SSSR count). The molecule has 4 N–H and O–H groups in total. The van der Waals surface area contributed by atoms with Crippen molar-refractivity contribution in [2.24, 2.45) is 0 Å². The van der Waals surface area contributed by atoms with E-state index in [0.717, 1.165) is 0 Å². The van der Waals surface area contributed by atoms with Crippen molar-refractivity contribution in [2.45, 2.75) is 50.7 Å². The van der Waals surface area contributed by atoms with Gasteiger partial charge in [0.15, 0.2) is 0 Å². The number of aliphatic hydroxyl groups excluding tert-OH is 4. The van der Waals surface area contributed by atoms with E-state index in [1.807, 2.05) is 0 Å². The first-order chi connectivity index (χ1) is 9.20. The third kappa shape index (κ3) is 13.4. The van der Waals surface area contributed by atoms with E-state index in [9.17, 15) is 10.2 Å². The Balaban J connectivity index is 3.50. The fraction of sp³-hybridized carbons (Fsp3) is 0.714. The molecular formula is C14H26O5. The molecule has 5 heteroatoms. The Hall–Kier alpha value is -0.880. The van der Waals surface area contributed by atoms with E-state index in [0.29, 0.717) is 38.5 Å². The van der Waals surface area contributed by atoms with E-state index in [4.69, 9.17) is 14.9 Å². The molecule has 0 amide bonds. The molecule has 0 aromatic rings. The summed E-state index contributed by atoms with van der Waals surface area (Å²) in [5, 5.41) is 36.1. The fourth-order valence-electron chi connectivity index (χ4n) is 1.47. The number of ether oxygens (including phenoxy) is 1. The zero-order valence-corrected chi connectivity index (χ0v) is 11.3. The molecule has 0 aliphatic carbocycles. The summed E-state index contributed by atoms with van der Waals surface area (Å²) in [7, 11) is 0. The van der Waals surface area contributed by atoms with Crippen LogP contribution in [0.25, 0.3) is 0 Å². The lowest BCUT2D eigenvalue weighted by molar-refractivity contribution is 0.151. The highest BCUT2D eigenvalue weighted by Gasteiger charge is 2.00. The standard InChI is InChI=1S/C14H26O5/c15-9-1-5-13(17)7-3-11-19-12-4-8-14(18)6-2-10-16/h3-4,11-18H,1-2,5-10H2. The highest BCUT2D eigenvalue weighted by molar-refractivity contribution is 4.83. The molecule has 0 radical (unpaired) electrons. The molecule has 5 nitrogen and oxygen atoms in total. The van der Waals surface area contributed by atoms with Gasteiger partial charge in [-0.25, -0.2) is 0 Å². The van der Waals surface area contributed by atoms with E-state index in [1.54, 1.807) is 12.2 Å². The Morgan fingerprint density at radius 2 is 1.21 bits per heavy atom. The highest BCUT2D eigenvalue weighted by atomic mass is 16.5. The molecule has 0 fully saturated rings. The van der Waals surface area contributed by atoms with Crippen LogP contribution < -0.4 is 0 Å². The predicted molar refractivity (Wildman–Crippen MR) is 73.3 cm³/mol. The molecule has 0 aromatic heterocycles. The van der Waals surface area contributed by atoms with Gasteiger partial charge in [0.2, 0.25) is 0 Å². The zero-order chi connectivity index (χ0) is 14.3. The normalized spacial score (nSPS) is 15.2. The first kappa shape index (κ1) is 18.1. The van der Waals surface area contributed by atoms with Crippen LogP contribution in [0.3, 0.4) is 0 Å². The van der Waals surface area contributed by atoms with Gasteiger partial charge in [-0.15, -0.1) is 0 Å². The van der Waals surface area contributed by atoms with E-state index >= 15 is 0 Å². The average molecular weight is 274 g/mol. The van der Waals surface area contributed by atoms with Gasteiger partial charge < -0.3 is 25.2 Å². The van der Waals surface area contributed by atoms with Crippen LogP contribution in [0.1, 0.15) is 38.5 Å². The SMILES string of the molecule is OCCCC(O)CC=COC=CCC(O)CCCO. The van der Waals surface area contributed by atoms with Crippen molar-refractivity contribution in [2.75, 3.05) is 13.2 Å². The Labute approximate surface area is 114 Å². The molecule has 0 heterocycles. The van der Waals surface area contributed by atoms with Gasteiger partial charge in [0.1, 0.15) is 0 Å². The van der Waals surface area contributed by atoms with Crippen molar-refractivity contribution in [3.8, 4) is 0 Å². The summed E-state index contributed by atoms with van der Waals surface area (Å²) >= 11 is 0. The topological polar surface area (TPSA) is 90.2 Å². The fourth-order valence-corrected chi connectivity index (χ4v) is 1.47. The second-order valence-electron chi connectivity index (χ2n) is 4.39.